The number of carboxylic acid groups (broad SMARTS) is 1. The van der Waals surface area contributed by atoms with Crippen LogP contribution in [0.15, 0.2) is 12.1 Å². The summed E-state index contributed by atoms with van der Waals surface area (Å²) in [5, 5.41) is 8.71. The first kappa shape index (κ1) is 12.3. The highest BCUT2D eigenvalue weighted by Crippen LogP contribution is 2.26. The monoisotopic (exact) mass is 226 g/mol. The van der Waals surface area contributed by atoms with Crippen LogP contribution in [0.25, 0.3) is 0 Å². The molecule has 0 radical (unpaired) electrons. The lowest BCUT2D eigenvalue weighted by molar-refractivity contribution is 0.0692. The van der Waals surface area contributed by atoms with Gasteiger partial charge in [0.1, 0.15) is 5.82 Å². The average Bonchev–Trinajstić information content (AvgIpc) is 2.20. The van der Waals surface area contributed by atoms with E-state index in [0.29, 0.717) is 5.69 Å². The molecule has 4 nitrogen and oxygen atoms in total. The first-order chi connectivity index (χ1) is 7.47. The van der Waals surface area contributed by atoms with Gasteiger partial charge in [-0.1, -0.05) is 6.92 Å². The topological polar surface area (TPSA) is 66.6 Å². The van der Waals surface area contributed by atoms with Crippen LogP contribution >= 0.6 is 0 Å². The van der Waals surface area contributed by atoms with Crippen LogP contribution in [0.5, 0.6) is 0 Å². The van der Waals surface area contributed by atoms with Gasteiger partial charge in [-0.25, -0.2) is 9.18 Å². The Balaban J connectivity index is 3.15. The number of benzene rings is 1. The molecule has 0 heterocycles. The first-order valence-electron chi connectivity index (χ1n) is 5.00. The summed E-state index contributed by atoms with van der Waals surface area (Å²) in [4.78, 5) is 12.5. The van der Waals surface area contributed by atoms with Gasteiger partial charge in [-0.15, -0.1) is 0 Å². The van der Waals surface area contributed by atoms with Gasteiger partial charge in [0.05, 0.1) is 16.9 Å². The predicted molar refractivity (Wildman–Crippen MR) is 61.3 cm³/mol. The van der Waals surface area contributed by atoms with Crippen molar-refractivity contribution < 1.29 is 14.3 Å². The highest BCUT2D eigenvalue weighted by Gasteiger charge is 2.15. The second-order valence-corrected chi connectivity index (χ2v) is 3.62. The molecule has 0 saturated carbocycles. The molecule has 1 aromatic rings. The quantitative estimate of drug-likeness (QED) is 0.770. The second-order valence-electron chi connectivity index (χ2n) is 3.62. The van der Waals surface area contributed by atoms with Crippen molar-refractivity contribution in [2.75, 3.05) is 24.2 Å². The number of halogens is 1. The minimum absolute atomic E-state index is 0.273. The number of rotatable bonds is 4. The summed E-state index contributed by atoms with van der Waals surface area (Å²) in [6, 6.07) is 2.31. The summed E-state index contributed by atoms with van der Waals surface area (Å²) in [5.74, 6) is -2.08. The fraction of sp³-hybridized carbons (Fsp3) is 0.364. The fourth-order valence-corrected chi connectivity index (χ4v) is 1.53. The molecular formula is C11H15FN2O2. The third kappa shape index (κ3) is 2.42. The molecule has 0 saturated heterocycles. The van der Waals surface area contributed by atoms with E-state index in [9.17, 15) is 9.18 Å². The van der Waals surface area contributed by atoms with Crippen LogP contribution in [0.2, 0.25) is 0 Å². The summed E-state index contributed by atoms with van der Waals surface area (Å²) < 4.78 is 13.4. The Kier molecular flexibility index (Phi) is 3.71. The number of anilines is 2. The minimum atomic E-state index is -1.31. The third-order valence-corrected chi connectivity index (χ3v) is 2.32. The van der Waals surface area contributed by atoms with Crippen molar-refractivity contribution in [3.63, 3.8) is 0 Å². The zero-order chi connectivity index (χ0) is 12.3. The van der Waals surface area contributed by atoms with Gasteiger partial charge in [0.25, 0.3) is 0 Å². The van der Waals surface area contributed by atoms with Gasteiger partial charge in [-0.2, -0.15) is 0 Å². The molecular weight excluding hydrogens is 211 g/mol. The SMILES string of the molecule is CCCN(C)c1cc(F)c(C(=O)O)cc1N. The zero-order valence-electron chi connectivity index (χ0n) is 9.33. The number of nitrogens with zero attached hydrogens (tertiary/aromatic N) is 1. The summed E-state index contributed by atoms with van der Waals surface area (Å²) in [6.45, 7) is 2.73. The molecule has 0 unspecified atom stereocenters. The molecule has 1 rings (SSSR count). The van der Waals surface area contributed by atoms with Crippen molar-refractivity contribution in [2.24, 2.45) is 0 Å². The van der Waals surface area contributed by atoms with Crippen molar-refractivity contribution in [3.8, 4) is 0 Å². The van der Waals surface area contributed by atoms with E-state index >= 15 is 0 Å². The van der Waals surface area contributed by atoms with Crippen molar-refractivity contribution >= 4 is 17.3 Å². The zero-order valence-corrected chi connectivity index (χ0v) is 9.33. The number of hydrogen-bond acceptors (Lipinski definition) is 3. The maximum absolute atomic E-state index is 13.4. The average molecular weight is 226 g/mol. The number of nitrogen functional groups attached to an aromatic ring is 1. The number of aromatic carboxylic acids is 1. The van der Waals surface area contributed by atoms with Gasteiger partial charge in [-0.3, -0.25) is 0 Å². The number of hydrogen-bond donors (Lipinski definition) is 2. The molecule has 0 aromatic heterocycles. The maximum Gasteiger partial charge on any atom is 0.338 e. The van der Waals surface area contributed by atoms with Crippen LogP contribution in [0.3, 0.4) is 0 Å². The third-order valence-electron chi connectivity index (χ3n) is 2.32. The highest BCUT2D eigenvalue weighted by molar-refractivity contribution is 5.90. The maximum atomic E-state index is 13.4. The van der Waals surface area contributed by atoms with Crippen LogP contribution < -0.4 is 10.6 Å². The van der Waals surface area contributed by atoms with Gasteiger partial charge in [0.2, 0.25) is 0 Å². The molecule has 16 heavy (non-hydrogen) atoms. The molecule has 88 valence electrons. The Hall–Kier alpha value is -1.78. The molecule has 3 N–H and O–H groups in total. The van der Waals surface area contributed by atoms with Crippen LogP contribution in [0, 0.1) is 5.82 Å². The molecule has 0 aliphatic carbocycles. The first-order valence-corrected chi connectivity index (χ1v) is 5.00. The highest BCUT2D eigenvalue weighted by atomic mass is 19.1. The van der Waals surface area contributed by atoms with Crippen LogP contribution in [0.4, 0.5) is 15.8 Å². The van der Waals surface area contributed by atoms with E-state index in [1.54, 1.807) is 11.9 Å². The lowest BCUT2D eigenvalue weighted by Gasteiger charge is -2.20. The summed E-state index contributed by atoms with van der Waals surface area (Å²) in [5.41, 5.74) is 6.08. The molecule has 0 bridgehead atoms. The Bertz CT molecular complexity index is 407. The summed E-state index contributed by atoms with van der Waals surface area (Å²) >= 11 is 0. The van der Waals surface area contributed by atoms with Gasteiger partial charge in [-0.05, 0) is 12.5 Å². The van der Waals surface area contributed by atoms with Crippen molar-refractivity contribution in [2.45, 2.75) is 13.3 Å². The normalized spacial score (nSPS) is 10.2. The fourth-order valence-electron chi connectivity index (χ4n) is 1.53. The van der Waals surface area contributed by atoms with E-state index in [1.165, 1.54) is 0 Å². The van der Waals surface area contributed by atoms with E-state index in [-0.39, 0.29) is 5.69 Å². The molecule has 1 aromatic carbocycles. The van der Waals surface area contributed by atoms with E-state index in [1.807, 2.05) is 6.92 Å². The lowest BCUT2D eigenvalue weighted by Crippen LogP contribution is -2.20. The second kappa shape index (κ2) is 4.83. The van der Waals surface area contributed by atoms with Crippen LogP contribution in [-0.4, -0.2) is 24.7 Å². The van der Waals surface area contributed by atoms with Crippen LogP contribution in [0.1, 0.15) is 23.7 Å². The Morgan fingerprint density at radius 1 is 1.56 bits per heavy atom. The number of carbonyl (C=O) groups is 1. The number of nitrogens with two attached hydrogens (primary N) is 1. The van der Waals surface area contributed by atoms with Crippen molar-refractivity contribution in [1.29, 1.82) is 0 Å². The summed E-state index contributed by atoms with van der Waals surface area (Å²) in [6.07, 6.45) is 0.901. The molecule has 5 heteroatoms. The Labute approximate surface area is 93.5 Å². The van der Waals surface area contributed by atoms with Gasteiger partial charge >= 0.3 is 5.97 Å². The predicted octanol–water partition coefficient (Wildman–Crippen LogP) is 1.95. The number of carboxylic acids is 1. The molecule has 0 fully saturated rings. The van der Waals surface area contributed by atoms with E-state index in [2.05, 4.69) is 0 Å². The molecule has 0 aliphatic heterocycles. The summed E-state index contributed by atoms with van der Waals surface area (Å²) in [7, 11) is 1.79. The van der Waals surface area contributed by atoms with Gasteiger partial charge in [0, 0.05) is 19.7 Å². The molecule has 0 spiro atoms. The largest absolute Gasteiger partial charge is 0.478 e. The van der Waals surface area contributed by atoms with Crippen LogP contribution in [-0.2, 0) is 0 Å². The van der Waals surface area contributed by atoms with Crippen molar-refractivity contribution in [3.05, 3.63) is 23.5 Å². The minimum Gasteiger partial charge on any atom is -0.478 e. The van der Waals surface area contributed by atoms with Crippen molar-refractivity contribution in [1.82, 2.24) is 0 Å². The molecule has 0 amide bonds. The Morgan fingerprint density at radius 3 is 2.69 bits per heavy atom. The van der Waals surface area contributed by atoms with E-state index in [4.69, 9.17) is 10.8 Å². The lowest BCUT2D eigenvalue weighted by atomic mass is 10.1. The Morgan fingerprint density at radius 2 is 2.19 bits per heavy atom. The van der Waals surface area contributed by atoms with E-state index < -0.39 is 17.3 Å². The van der Waals surface area contributed by atoms with Gasteiger partial charge in [0.15, 0.2) is 0 Å². The standard InChI is InChI=1S/C11H15FN2O2/c1-3-4-14(2)10-6-8(12)7(11(15)16)5-9(10)13/h5-6H,3-4,13H2,1-2H3,(H,15,16). The van der Waals surface area contributed by atoms with Gasteiger partial charge < -0.3 is 15.7 Å². The molecule has 0 aliphatic rings. The smallest absolute Gasteiger partial charge is 0.338 e. The molecule has 0 atom stereocenters. The van der Waals surface area contributed by atoms with E-state index in [0.717, 1.165) is 25.1 Å².